The van der Waals surface area contributed by atoms with Gasteiger partial charge in [0.25, 0.3) is 0 Å². The Hall–Kier alpha value is -0.560. The van der Waals surface area contributed by atoms with Gasteiger partial charge in [0.2, 0.25) is 0 Å². The average Bonchev–Trinajstić information content (AvgIpc) is 2.17. The van der Waals surface area contributed by atoms with Gasteiger partial charge in [0.1, 0.15) is 0 Å². The van der Waals surface area contributed by atoms with Crippen LogP contribution in [0.3, 0.4) is 0 Å². The average molecular weight is 164 g/mol. The maximum atomic E-state index is 9.01. The van der Waals surface area contributed by atoms with Gasteiger partial charge < -0.3 is 5.11 Å². The summed E-state index contributed by atoms with van der Waals surface area (Å²) in [6.45, 7) is 0.323. The van der Waals surface area contributed by atoms with Crippen LogP contribution in [0.4, 0.5) is 0 Å². The smallest absolute Gasteiger partial charge is 0.0494 e. The van der Waals surface area contributed by atoms with Crippen LogP contribution in [-0.2, 0) is 0 Å². The van der Waals surface area contributed by atoms with Crippen LogP contribution in [-0.4, -0.2) is 11.7 Å². The van der Waals surface area contributed by atoms with Crippen molar-refractivity contribution >= 4 is 0 Å². The van der Waals surface area contributed by atoms with E-state index in [2.05, 4.69) is 18.2 Å². The van der Waals surface area contributed by atoms with Crippen molar-refractivity contribution < 1.29 is 5.11 Å². The van der Waals surface area contributed by atoms with Gasteiger partial charge in [-0.05, 0) is 37.2 Å². The van der Waals surface area contributed by atoms with Crippen molar-refractivity contribution in [1.29, 1.82) is 0 Å². The van der Waals surface area contributed by atoms with E-state index in [0.717, 1.165) is 5.92 Å². The molecule has 1 N–H and O–H groups in total. The maximum Gasteiger partial charge on any atom is 0.0494 e. The van der Waals surface area contributed by atoms with Gasteiger partial charge in [-0.2, -0.15) is 0 Å². The molecule has 0 aromatic heterocycles. The standard InChI is InChI=1S/C11H16O/c12-8-9-5-6-10-3-1-2-4-11(10)7-9/h2,4,7,9-10,12H,1,3,5-6,8H2/t9-,10-/m0/s1. The fourth-order valence-corrected chi connectivity index (χ4v) is 2.24. The molecule has 0 saturated carbocycles. The highest BCUT2D eigenvalue weighted by molar-refractivity contribution is 5.27. The van der Waals surface area contributed by atoms with Crippen LogP contribution in [0.15, 0.2) is 23.8 Å². The van der Waals surface area contributed by atoms with E-state index in [9.17, 15) is 0 Å². The van der Waals surface area contributed by atoms with Gasteiger partial charge in [-0.3, -0.25) is 0 Å². The molecule has 2 atom stereocenters. The molecule has 0 radical (unpaired) electrons. The van der Waals surface area contributed by atoms with Crippen molar-refractivity contribution in [2.45, 2.75) is 25.7 Å². The molecule has 0 amide bonds. The minimum absolute atomic E-state index is 0.323. The van der Waals surface area contributed by atoms with Crippen molar-refractivity contribution in [2.24, 2.45) is 11.8 Å². The SMILES string of the molecule is OC[C@@H]1C=C2C=CCC[C@H]2CC1. The van der Waals surface area contributed by atoms with E-state index in [-0.39, 0.29) is 0 Å². The molecule has 0 aromatic carbocycles. The maximum absolute atomic E-state index is 9.01. The molecule has 2 aliphatic carbocycles. The predicted molar refractivity (Wildman–Crippen MR) is 49.8 cm³/mol. The van der Waals surface area contributed by atoms with Gasteiger partial charge in [0.05, 0.1) is 0 Å². The normalized spacial score (nSPS) is 34.2. The minimum Gasteiger partial charge on any atom is -0.396 e. The van der Waals surface area contributed by atoms with Crippen LogP contribution in [0, 0.1) is 11.8 Å². The van der Waals surface area contributed by atoms with Crippen LogP contribution in [0.1, 0.15) is 25.7 Å². The van der Waals surface area contributed by atoms with E-state index in [0.29, 0.717) is 12.5 Å². The molecule has 1 heteroatoms. The van der Waals surface area contributed by atoms with Crippen LogP contribution in [0.5, 0.6) is 0 Å². The molecule has 0 saturated heterocycles. The van der Waals surface area contributed by atoms with E-state index in [1.807, 2.05) is 0 Å². The van der Waals surface area contributed by atoms with Crippen molar-refractivity contribution in [2.75, 3.05) is 6.61 Å². The Morgan fingerprint density at radius 3 is 3.08 bits per heavy atom. The summed E-state index contributed by atoms with van der Waals surface area (Å²) in [4.78, 5) is 0. The minimum atomic E-state index is 0.323. The van der Waals surface area contributed by atoms with E-state index in [1.54, 1.807) is 0 Å². The van der Waals surface area contributed by atoms with Gasteiger partial charge >= 0.3 is 0 Å². The summed E-state index contributed by atoms with van der Waals surface area (Å²) in [6, 6.07) is 0. The Kier molecular flexibility index (Phi) is 2.31. The van der Waals surface area contributed by atoms with Crippen LogP contribution in [0.25, 0.3) is 0 Å². The van der Waals surface area contributed by atoms with E-state index >= 15 is 0 Å². The third-order valence-corrected chi connectivity index (χ3v) is 3.01. The van der Waals surface area contributed by atoms with Gasteiger partial charge in [0.15, 0.2) is 0 Å². The zero-order valence-electron chi connectivity index (χ0n) is 7.37. The molecule has 66 valence electrons. The number of aliphatic hydroxyl groups is 1. The Balaban J connectivity index is 2.16. The highest BCUT2D eigenvalue weighted by atomic mass is 16.3. The van der Waals surface area contributed by atoms with E-state index < -0.39 is 0 Å². The lowest BCUT2D eigenvalue weighted by Gasteiger charge is -2.28. The number of hydrogen-bond donors (Lipinski definition) is 1. The lowest BCUT2D eigenvalue weighted by molar-refractivity contribution is 0.231. The summed E-state index contributed by atoms with van der Waals surface area (Å²) < 4.78 is 0. The first-order valence-electron chi connectivity index (χ1n) is 4.89. The zero-order chi connectivity index (χ0) is 8.39. The summed E-state index contributed by atoms with van der Waals surface area (Å²) in [6.07, 6.45) is 11.8. The number of allylic oxidation sites excluding steroid dienone is 3. The quantitative estimate of drug-likeness (QED) is 0.630. The molecule has 0 bridgehead atoms. The second-order valence-electron chi connectivity index (χ2n) is 3.86. The number of aliphatic hydroxyl groups excluding tert-OH is 1. The highest BCUT2D eigenvalue weighted by Gasteiger charge is 2.21. The molecule has 0 aromatic rings. The molecular formula is C11H16O. The first-order valence-corrected chi connectivity index (χ1v) is 4.89. The Labute approximate surface area is 73.8 Å². The van der Waals surface area contributed by atoms with E-state index in [1.165, 1.54) is 31.3 Å². The Morgan fingerprint density at radius 1 is 1.33 bits per heavy atom. The molecule has 1 nitrogen and oxygen atoms in total. The first kappa shape index (κ1) is 8.06. The Bertz CT molecular complexity index is 215. The molecule has 12 heavy (non-hydrogen) atoms. The van der Waals surface area contributed by atoms with Crippen LogP contribution >= 0.6 is 0 Å². The summed E-state index contributed by atoms with van der Waals surface area (Å²) in [7, 11) is 0. The van der Waals surface area contributed by atoms with Crippen LogP contribution in [0.2, 0.25) is 0 Å². The van der Waals surface area contributed by atoms with Crippen molar-refractivity contribution in [3.05, 3.63) is 23.8 Å². The molecule has 0 aliphatic heterocycles. The lowest BCUT2D eigenvalue weighted by atomic mass is 9.78. The third-order valence-electron chi connectivity index (χ3n) is 3.01. The van der Waals surface area contributed by atoms with Crippen LogP contribution < -0.4 is 0 Å². The first-order chi connectivity index (χ1) is 5.90. The molecule has 2 aliphatic rings. The van der Waals surface area contributed by atoms with Crippen molar-refractivity contribution in [1.82, 2.24) is 0 Å². The molecule has 0 spiro atoms. The predicted octanol–water partition coefficient (Wildman–Crippen LogP) is 2.28. The highest BCUT2D eigenvalue weighted by Crippen LogP contribution is 2.34. The second kappa shape index (κ2) is 3.44. The number of fused-ring (bicyclic) bond motifs is 1. The summed E-state index contributed by atoms with van der Waals surface area (Å²) in [5, 5.41) is 9.01. The third kappa shape index (κ3) is 1.46. The molecule has 0 heterocycles. The summed E-state index contributed by atoms with van der Waals surface area (Å²) in [5.41, 5.74) is 1.48. The number of rotatable bonds is 1. The van der Waals surface area contributed by atoms with Gasteiger partial charge in [0, 0.05) is 12.5 Å². The zero-order valence-corrected chi connectivity index (χ0v) is 7.37. The Morgan fingerprint density at radius 2 is 2.25 bits per heavy atom. The molecular weight excluding hydrogens is 148 g/mol. The topological polar surface area (TPSA) is 20.2 Å². The van der Waals surface area contributed by atoms with Gasteiger partial charge in [-0.15, -0.1) is 0 Å². The monoisotopic (exact) mass is 164 g/mol. The summed E-state index contributed by atoms with van der Waals surface area (Å²) >= 11 is 0. The van der Waals surface area contributed by atoms with Gasteiger partial charge in [-0.1, -0.05) is 18.2 Å². The summed E-state index contributed by atoms with van der Waals surface area (Å²) in [5.74, 6) is 1.23. The fraction of sp³-hybridized carbons (Fsp3) is 0.636. The fourth-order valence-electron chi connectivity index (χ4n) is 2.24. The van der Waals surface area contributed by atoms with Crippen molar-refractivity contribution in [3.63, 3.8) is 0 Å². The largest absolute Gasteiger partial charge is 0.396 e. The van der Waals surface area contributed by atoms with Gasteiger partial charge in [-0.25, -0.2) is 0 Å². The van der Waals surface area contributed by atoms with Crippen molar-refractivity contribution in [3.8, 4) is 0 Å². The van der Waals surface area contributed by atoms with E-state index in [4.69, 9.17) is 5.11 Å². The molecule has 2 rings (SSSR count). The second-order valence-corrected chi connectivity index (χ2v) is 3.86. The molecule has 0 unspecified atom stereocenters. The molecule has 0 fully saturated rings. The number of hydrogen-bond acceptors (Lipinski definition) is 1. The lowest BCUT2D eigenvalue weighted by Crippen LogP contribution is -2.17.